The third kappa shape index (κ3) is 4.28. The number of ether oxygens (including phenoxy) is 1. The molecular weight excluding hydrogens is 326 g/mol. The van der Waals surface area contributed by atoms with E-state index in [-0.39, 0.29) is 18.3 Å². The minimum atomic E-state index is -0.0213. The summed E-state index contributed by atoms with van der Waals surface area (Å²) in [5, 5.41) is 9.02. The molecule has 0 saturated heterocycles. The number of carbonyl (C=O) groups is 1. The van der Waals surface area contributed by atoms with Crippen molar-refractivity contribution in [3.05, 3.63) is 35.1 Å². The molecule has 0 aliphatic rings. The standard InChI is InChI=1S/C13H16ClN5O2S/c1-18(2)12(20)8-22-13-17-16-11(19(13)15)7-21-10-5-3-9(14)4-6-10/h3-6H,7-8,15H2,1-2H3. The molecule has 9 heteroatoms. The van der Waals surface area contributed by atoms with Gasteiger partial charge in [0.05, 0.1) is 5.75 Å². The van der Waals surface area contributed by atoms with Crippen molar-refractivity contribution >= 4 is 29.3 Å². The Balaban J connectivity index is 1.93. The van der Waals surface area contributed by atoms with Crippen molar-refractivity contribution in [2.45, 2.75) is 11.8 Å². The molecule has 0 spiro atoms. The van der Waals surface area contributed by atoms with Crippen LogP contribution in [0.15, 0.2) is 29.4 Å². The van der Waals surface area contributed by atoms with E-state index >= 15 is 0 Å². The molecule has 0 aliphatic carbocycles. The Kier molecular flexibility index (Phi) is 5.51. The van der Waals surface area contributed by atoms with E-state index in [0.29, 0.717) is 21.8 Å². The predicted octanol–water partition coefficient (Wildman–Crippen LogP) is 1.40. The number of nitrogens with zero attached hydrogens (tertiary/aromatic N) is 4. The number of rotatable bonds is 6. The quantitative estimate of drug-likeness (QED) is 0.631. The van der Waals surface area contributed by atoms with Gasteiger partial charge in [0.15, 0.2) is 5.82 Å². The van der Waals surface area contributed by atoms with E-state index in [2.05, 4.69) is 10.2 Å². The Labute approximate surface area is 137 Å². The molecule has 118 valence electrons. The summed E-state index contributed by atoms with van der Waals surface area (Å²) in [5.41, 5.74) is 0. The average Bonchev–Trinajstić information content (AvgIpc) is 2.84. The molecule has 0 saturated carbocycles. The zero-order chi connectivity index (χ0) is 16.1. The van der Waals surface area contributed by atoms with E-state index in [1.54, 1.807) is 38.4 Å². The SMILES string of the molecule is CN(C)C(=O)CSc1nnc(COc2ccc(Cl)cc2)n1N. The van der Waals surface area contributed by atoms with Crippen LogP contribution in [0.25, 0.3) is 0 Å². The second-order valence-corrected chi connectivity index (χ2v) is 5.97. The van der Waals surface area contributed by atoms with Crippen molar-refractivity contribution in [3.8, 4) is 5.75 Å². The van der Waals surface area contributed by atoms with E-state index in [9.17, 15) is 4.79 Å². The van der Waals surface area contributed by atoms with Gasteiger partial charge in [-0.25, -0.2) is 4.68 Å². The van der Waals surface area contributed by atoms with Gasteiger partial charge < -0.3 is 15.5 Å². The number of thioether (sulfide) groups is 1. The molecule has 0 fully saturated rings. The van der Waals surface area contributed by atoms with E-state index in [1.165, 1.54) is 21.3 Å². The minimum absolute atomic E-state index is 0.0213. The van der Waals surface area contributed by atoms with Crippen molar-refractivity contribution in [3.63, 3.8) is 0 Å². The summed E-state index contributed by atoms with van der Waals surface area (Å²) in [6, 6.07) is 6.98. The highest BCUT2D eigenvalue weighted by Crippen LogP contribution is 2.18. The fourth-order valence-electron chi connectivity index (χ4n) is 1.44. The lowest BCUT2D eigenvalue weighted by atomic mass is 10.3. The topological polar surface area (TPSA) is 86.3 Å². The van der Waals surface area contributed by atoms with Gasteiger partial charge in [0, 0.05) is 19.1 Å². The van der Waals surface area contributed by atoms with Gasteiger partial charge in [0.1, 0.15) is 12.4 Å². The zero-order valence-electron chi connectivity index (χ0n) is 12.2. The molecule has 1 aromatic heterocycles. The first-order valence-corrected chi connectivity index (χ1v) is 7.74. The molecule has 0 atom stereocenters. The van der Waals surface area contributed by atoms with Gasteiger partial charge in [-0.1, -0.05) is 23.4 Å². The van der Waals surface area contributed by atoms with Crippen molar-refractivity contribution in [2.24, 2.45) is 0 Å². The fourth-order valence-corrected chi connectivity index (χ4v) is 2.42. The number of benzene rings is 1. The maximum Gasteiger partial charge on any atom is 0.232 e. The number of aromatic nitrogens is 3. The second kappa shape index (κ2) is 7.37. The smallest absolute Gasteiger partial charge is 0.232 e. The van der Waals surface area contributed by atoms with Gasteiger partial charge in [-0.05, 0) is 24.3 Å². The summed E-state index contributed by atoms with van der Waals surface area (Å²) in [6.07, 6.45) is 0. The number of hydrogen-bond donors (Lipinski definition) is 1. The van der Waals surface area contributed by atoms with Crippen molar-refractivity contribution in [2.75, 3.05) is 25.7 Å². The van der Waals surface area contributed by atoms with Gasteiger partial charge in [-0.3, -0.25) is 4.79 Å². The molecule has 22 heavy (non-hydrogen) atoms. The first-order chi connectivity index (χ1) is 10.5. The summed E-state index contributed by atoms with van der Waals surface area (Å²) in [4.78, 5) is 13.1. The molecule has 2 rings (SSSR count). The van der Waals surface area contributed by atoms with Crippen LogP contribution in [0.5, 0.6) is 5.75 Å². The number of nitrogens with two attached hydrogens (primary N) is 1. The molecule has 0 aliphatic heterocycles. The second-order valence-electron chi connectivity index (χ2n) is 4.59. The van der Waals surface area contributed by atoms with Gasteiger partial charge in [0.25, 0.3) is 0 Å². The van der Waals surface area contributed by atoms with E-state index < -0.39 is 0 Å². The molecule has 1 aromatic carbocycles. The normalized spacial score (nSPS) is 10.5. The maximum atomic E-state index is 11.5. The molecule has 2 N–H and O–H groups in total. The van der Waals surface area contributed by atoms with Crippen LogP contribution in [-0.4, -0.2) is 45.5 Å². The highest BCUT2D eigenvalue weighted by molar-refractivity contribution is 7.99. The Morgan fingerprint density at radius 1 is 1.36 bits per heavy atom. The van der Waals surface area contributed by atoms with Crippen molar-refractivity contribution in [1.29, 1.82) is 0 Å². The maximum absolute atomic E-state index is 11.5. The average molecular weight is 342 g/mol. The fraction of sp³-hybridized carbons (Fsp3) is 0.308. The summed E-state index contributed by atoms with van der Waals surface area (Å²) >= 11 is 7.03. The zero-order valence-corrected chi connectivity index (χ0v) is 13.8. The van der Waals surface area contributed by atoms with Crippen molar-refractivity contribution in [1.82, 2.24) is 19.8 Å². The lowest BCUT2D eigenvalue weighted by Gasteiger charge is -2.09. The molecule has 7 nitrogen and oxygen atoms in total. The van der Waals surface area contributed by atoms with Crippen LogP contribution in [0.1, 0.15) is 5.82 Å². The van der Waals surface area contributed by atoms with Crippen LogP contribution in [0, 0.1) is 0 Å². The lowest BCUT2D eigenvalue weighted by molar-refractivity contribution is -0.125. The number of nitrogen functional groups attached to an aromatic ring is 1. The monoisotopic (exact) mass is 341 g/mol. The molecule has 2 aromatic rings. The largest absolute Gasteiger partial charge is 0.486 e. The Hall–Kier alpha value is -1.93. The van der Waals surface area contributed by atoms with Crippen LogP contribution in [0.4, 0.5) is 0 Å². The summed E-state index contributed by atoms with van der Waals surface area (Å²) in [5.74, 6) is 7.25. The summed E-state index contributed by atoms with van der Waals surface area (Å²) in [7, 11) is 3.39. The third-order valence-electron chi connectivity index (χ3n) is 2.74. The lowest BCUT2D eigenvalue weighted by Crippen LogP contribution is -2.24. The number of halogens is 1. The van der Waals surface area contributed by atoms with E-state index in [4.69, 9.17) is 22.2 Å². The molecule has 0 radical (unpaired) electrons. The van der Waals surface area contributed by atoms with Crippen LogP contribution in [0.2, 0.25) is 5.02 Å². The van der Waals surface area contributed by atoms with E-state index in [1.807, 2.05) is 0 Å². The molecule has 0 unspecified atom stereocenters. The first-order valence-electron chi connectivity index (χ1n) is 6.38. The molecule has 0 bridgehead atoms. The third-order valence-corrected chi connectivity index (χ3v) is 3.92. The van der Waals surface area contributed by atoms with E-state index in [0.717, 1.165) is 0 Å². The number of hydrogen-bond acceptors (Lipinski definition) is 6. The Morgan fingerprint density at radius 2 is 2.05 bits per heavy atom. The molecule has 1 amide bonds. The van der Waals surface area contributed by atoms with Crippen LogP contribution in [0.3, 0.4) is 0 Å². The van der Waals surface area contributed by atoms with Gasteiger partial charge in [0.2, 0.25) is 11.1 Å². The summed E-state index contributed by atoms with van der Waals surface area (Å²) < 4.78 is 6.88. The molecule has 1 heterocycles. The first kappa shape index (κ1) is 16.4. The van der Waals surface area contributed by atoms with Crippen molar-refractivity contribution < 1.29 is 9.53 Å². The van der Waals surface area contributed by atoms with Crippen LogP contribution in [-0.2, 0) is 11.4 Å². The highest BCUT2D eigenvalue weighted by Gasteiger charge is 2.13. The minimum Gasteiger partial charge on any atom is -0.486 e. The number of carbonyl (C=O) groups excluding carboxylic acids is 1. The van der Waals surface area contributed by atoms with Crippen LogP contribution < -0.4 is 10.6 Å². The predicted molar refractivity (Wildman–Crippen MR) is 85.4 cm³/mol. The van der Waals surface area contributed by atoms with Gasteiger partial charge >= 0.3 is 0 Å². The Morgan fingerprint density at radius 3 is 2.68 bits per heavy atom. The number of amides is 1. The Bertz CT molecular complexity index is 644. The molecular formula is C13H16ClN5O2S. The van der Waals surface area contributed by atoms with Crippen LogP contribution >= 0.6 is 23.4 Å². The highest BCUT2D eigenvalue weighted by atomic mass is 35.5. The van der Waals surface area contributed by atoms with Gasteiger partial charge in [-0.15, -0.1) is 10.2 Å². The van der Waals surface area contributed by atoms with Gasteiger partial charge in [-0.2, -0.15) is 0 Å². The summed E-state index contributed by atoms with van der Waals surface area (Å²) in [6.45, 7) is 0.174.